The predicted octanol–water partition coefficient (Wildman–Crippen LogP) is 6.56. The maximum atomic E-state index is 13.8. The lowest BCUT2D eigenvalue weighted by atomic mass is 9.92. The minimum absolute atomic E-state index is 0.00753. The van der Waals surface area contributed by atoms with E-state index in [9.17, 15) is 4.79 Å². The minimum Gasteiger partial charge on any atom is -0.493 e. The Kier molecular flexibility index (Phi) is 11.1. The summed E-state index contributed by atoms with van der Waals surface area (Å²) in [6.45, 7) is 2.53. The van der Waals surface area contributed by atoms with E-state index in [-0.39, 0.29) is 6.04 Å². The summed E-state index contributed by atoms with van der Waals surface area (Å²) in [5.74, 6) is 3.81. The number of carbonyl (C=O) groups excluding carboxylic acids is 1. The van der Waals surface area contributed by atoms with Gasteiger partial charge in [-0.05, 0) is 98.2 Å². The Hall–Kier alpha value is -3.71. The van der Waals surface area contributed by atoms with Gasteiger partial charge in [-0.1, -0.05) is 42.5 Å². The third-order valence-electron chi connectivity index (χ3n) is 9.41. The number of fused-ring (bicyclic) bond motifs is 2. The molecule has 5 rings (SSSR count). The molecule has 0 unspecified atom stereocenters. The molecule has 2 fully saturated rings. The van der Waals surface area contributed by atoms with Crippen molar-refractivity contribution in [2.45, 2.75) is 70.0 Å². The number of ether oxygens (including phenoxy) is 4. The number of aryl methyl sites for hydroxylation is 2. The van der Waals surface area contributed by atoms with Gasteiger partial charge in [0, 0.05) is 25.7 Å². The highest BCUT2D eigenvalue weighted by atomic mass is 16.5. The van der Waals surface area contributed by atoms with Crippen LogP contribution in [-0.2, 0) is 24.2 Å². The zero-order valence-corrected chi connectivity index (χ0v) is 26.8. The first kappa shape index (κ1) is 31.7. The van der Waals surface area contributed by atoms with Gasteiger partial charge in [0.2, 0.25) is 5.91 Å². The Bertz CT molecular complexity index is 1300. The van der Waals surface area contributed by atoms with Crippen molar-refractivity contribution in [3.63, 3.8) is 0 Å². The molecule has 1 amide bonds. The molecular formula is C37H48N2O5. The van der Waals surface area contributed by atoms with Gasteiger partial charge < -0.3 is 23.8 Å². The molecule has 44 heavy (non-hydrogen) atoms. The Morgan fingerprint density at radius 2 is 1.27 bits per heavy atom. The smallest absolute Gasteiger partial charge is 0.240 e. The second-order valence-electron chi connectivity index (χ2n) is 12.2. The van der Waals surface area contributed by atoms with E-state index in [0.717, 1.165) is 94.0 Å². The first-order chi connectivity index (χ1) is 21.5. The number of piperazine rings is 1. The lowest BCUT2D eigenvalue weighted by molar-refractivity contribution is -0.142. The molecule has 0 saturated carbocycles. The highest BCUT2D eigenvalue weighted by molar-refractivity contribution is 5.83. The van der Waals surface area contributed by atoms with Crippen molar-refractivity contribution in [1.29, 1.82) is 0 Å². The molecule has 0 radical (unpaired) electrons. The molecule has 7 heteroatoms. The summed E-state index contributed by atoms with van der Waals surface area (Å²) in [6.07, 6.45) is 8.28. The van der Waals surface area contributed by atoms with Crippen molar-refractivity contribution >= 4 is 5.91 Å². The molecule has 2 bridgehead atoms. The largest absolute Gasteiger partial charge is 0.493 e. The number of hydrogen-bond donors (Lipinski definition) is 0. The average molecular weight is 601 g/mol. The fourth-order valence-electron chi connectivity index (χ4n) is 7.05. The van der Waals surface area contributed by atoms with Crippen LogP contribution in [0.2, 0.25) is 0 Å². The average Bonchev–Trinajstić information content (AvgIpc) is 3.37. The van der Waals surface area contributed by atoms with E-state index < -0.39 is 0 Å². The first-order valence-electron chi connectivity index (χ1n) is 16.0. The summed E-state index contributed by atoms with van der Waals surface area (Å²) in [7, 11) is 6.69. The van der Waals surface area contributed by atoms with Gasteiger partial charge in [0.05, 0.1) is 34.5 Å². The summed E-state index contributed by atoms with van der Waals surface area (Å²) in [6, 6.07) is 23.4. The van der Waals surface area contributed by atoms with E-state index in [0.29, 0.717) is 17.9 Å². The summed E-state index contributed by atoms with van der Waals surface area (Å²) in [5, 5.41) is 0. The van der Waals surface area contributed by atoms with Crippen LogP contribution in [0.4, 0.5) is 0 Å². The van der Waals surface area contributed by atoms with Gasteiger partial charge in [0.15, 0.2) is 23.0 Å². The maximum Gasteiger partial charge on any atom is 0.240 e. The number of hydrogen-bond acceptors (Lipinski definition) is 6. The van der Waals surface area contributed by atoms with E-state index in [1.807, 2.05) is 12.1 Å². The van der Waals surface area contributed by atoms with E-state index >= 15 is 0 Å². The standard InChI is InChI=1S/C37H48N2O5/c1-41-33-20-16-27(22-35(33)43-3)12-8-14-29(15-9-13-28-17-21-34(42-2)36(23-28)44-4)24-38-26-31-18-19-32(37(38)40)39(31)25-30-10-6-5-7-11-30/h5-7,10-11,16-17,20-23,29,31-32H,8-9,12-15,18-19,24-26H2,1-4H3/t31-,32+/m1/s1. The van der Waals surface area contributed by atoms with Crippen LogP contribution in [0.5, 0.6) is 23.0 Å². The van der Waals surface area contributed by atoms with Gasteiger partial charge in [0.25, 0.3) is 0 Å². The van der Waals surface area contributed by atoms with Gasteiger partial charge in [-0.2, -0.15) is 0 Å². The Labute approximate surface area is 263 Å². The van der Waals surface area contributed by atoms with Gasteiger partial charge in [-0.3, -0.25) is 9.69 Å². The van der Waals surface area contributed by atoms with Crippen molar-refractivity contribution in [3.8, 4) is 23.0 Å². The number of benzene rings is 3. The topological polar surface area (TPSA) is 60.5 Å². The molecule has 0 aromatic heterocycles. The molecule has 2 aliphatic rings. The number of amides is 1. The quantitative estimate of drug-likeness (QED) is 0.186. The third kappa shape index (κ3) is 7.68. The van der Waals surface area contributed by atoms with Crippen molar-refractivity contribution < 1.29 is 23.7 Å². The molecule has 3 aromatic carbocycles. The first-order valence-corrected chi connectivity index (χ1v) is 16.0. The number of nitrogens with zero attached hydrogens (tertiary/aromatic N) is 2. The van der Waals surface area contributed by atoms with Crippen molar-refractivity contribution in [2.24, 2.45) is 5.92 Å². The van der Waals surface area contributed by atoms with Gasteiger partial charge in [0.1, 0.15) is 0 Å². The van der Waals surface area contributed by atoms with Gasteiger partial charge >= 0.3 is 0 Å². The molecule has 0 spiro atoms. The van der Waals surface area contributed by atoms with Gasteiger partial charge in [-0.15, -0.1) is 0 Å². The second kappa shape index (κ2) is 15.3. The number of likely N-dealkylation sites (tertiary alicyclic amines) is 1. The molecule has 2 heterocycles. The summed E-state index contributed by atoms with van der Waals surface area (Å²) < 4.78 is 21.9. The normalized spacial score (nSPS) is 18.1. The van der Waals surface area contributed by atoms with E-state index in [4.69, 9.17) is 18.9 Å². The van der Waals surface area contributed by atoms with Crippen molar-refractivity contribution in [2.75, 3.05) is 41.5 Å². The highest BCUT2D eigenvalue weighted by Crippen LogP contribution is 2.34. The van der Waals surface area contributed by atoms with E-state index in [2.05, 4.69) is 64.4 Å². The van der Waals surface area contributed by atoms with Crippen LogP contribution < -0.4 is 18.9 Å². The zero-order valence-electron chi connectivity index (χ0n) is 26.8. The fourth-order valence-corrected chi connectivity index (χ4v) is 7.05. The Balaban J connectivity index is 1.22. The SMILES string of the molecule is COc1ccc(CCCC(CCCc2ccc(OC)c(OC)c2)CN2C[C@H]3CC[C@@H](C2=O)N3Cc2ccccc2)cc1OC. The molecule has 2 saturated heterocycles. The molecule has 7 nitrogen and oxygen atoms in total. The van der Waals surface area contributed by atoms with Crippen LogP contribution in [0, 0.1) is 5.92 Å². The molecule has 2 atom stereocenters. The van der Waals surface area contributed by atoms with Crippen LogP contribution >= 0.6 is 0 Å². The maximum absolute atomic E-state index is 13.8. The van der Waals surface area contributed by atoms with E-state index in [1.165, 1.54) is 16.7 Å². The Morgan fingerprint density at radius 3 is 1.82 bits per heavy atom. The van der Waals surface area contributed by atoms with Crippen LogP contribution in [-0.4, -0.2) is 69.3 Å². The number of methoxy groups -OCH3 is 4. The number of rotatable bonds is 16. The molecular weight excluding hydrogens is 552 g/mol. The lowest BCUT2D eigenvalue weighted by Gasteiger charge is -2.41. The van der Waals surface area contributed by atoms with Crippen molar-refractivity contribution in [3.05, 3.63) is 83.4 Å². The fraction of sp³-hybridized carbons (Fsp3) is 0.486. The van der Waals surface area contributed by atoms with E-state index in [1.54, 1.807) is 28.4 Å². The summed E-state index contributed by atoms with van der Waals surface area (Å²) >= 11 is 0. The van der Waals surface area contributed by atoms with Crippen LogP contribution in [0.25, 0.3) is 0 Å². The monoisotopic (exact) mass is 600 g/mol. The van der Waals surface area contributed by atoms with Crippen LogP contribution in [0.1, 0.15) is 55.2 Å². The van der Waals surface area contributed by atoms with Crippen LogP contribution in [0.3, 0.4) is 0 Å². The molecule has 236 valence electrons. The summed E-state index contributed by atoms with van der Waals surface area (Å²) in [5.41, 5.74) is 3.78. The number of carbonyl (C=O) groups is 1. The Morgan fingerprint density at radius 1 is 0.705 bits per heavy atom. The highest BCUT2D eigenvalue weighted by Gasteiger charge is 2.45. The molecule has 2 aliphatic heterocycles. The summed E-state index contributed by atoms with van der Waals surface area (Å²) in [4.78, 5) is 18.5. The van der Waals surface area contributed by atoms with Gasteiger partial charge in [-0.25, -0.2) is 0 Å². The molecule has 0 N–H and O–H groups in total. The zero-order chi connectivity index (χ0) is 30.9. The lowest BCUT2D eigenvalue weighted by Crippen LogP contribution is -2.57. The molecule has 3 aromatic rings. The third-order valence-corrected chi connectivity index (χ3v) is 9.41. The minimum atomic E-state index is 0.00753. The van der Waals surface area contributed by atoms with Crippen LogP contribution in [0.15, 0.2) is 66.7 Å². The van der Waals surface area contributed by atoms with Crippen molar-refractivity contribution in [1.82, 2.24) is 9.80 Å². The predicted molar refractivity (Wildman–Crippen MR) is 174 cm³/mol. The second-order valence-corrected chi connectivity index (χ2v) is 12.2. The molecule has 0 aliphatic carbocycles.